The van der Waals surface area contributed by atoms with Gasteiger partial charge >= 0.3 is 0 Å². The highest BCUT2D eigenvalue weighted by atomic mass is 16.3. The Labute approximate surface area is 123 Å². The van der Waals surface area contributed by atoms with Crippen LogP contribution >= 0.6 is 0 Å². The Balaban J connectivity index is 1.82. The highest BCUT2D eigenvalue weighted by Crippen LogP contribution is 2.36. The van der Waals surface area contributed by atoms with E-state index in [0.29, 0.717) is 11.6 Å². The molecule has 1 fully saturated rings. The van der Waals surface area contributed by atoms with Crippen molar-refractivity contribution in [3.05, 3.63) is 6.20 Å². The van der Waals surface area contributed by atoms with Crippen LogP contribution in [0.5, 0.6) is 0 Å². The molecule has 21 heavy (non-hydrogen) atoms. The van der Waals surface area contributed by atoms with Crippen LogP contribution in [0, 0.1) is 5.41 Å². The Kier molecular flexibility index (Phi) is 3.92. The molecule has 0 amide bonds. The van der Waals surface area contributed by atoms with E-state index >= 15 is 0 Å². The SMILES string of the molecule is CNc1nc(NCC2(CO)CCCCC2)c2cn[nH]c2n1. The van der Waals surface area contributed by atoms with E-state index in [0.717, 1.165) is 30.6 Å². The van der Waals surface area contributed by atoms with E-state index in [1.165, 1.54) is 19.3 Å². The van der Waals surface area contributed by atoms with Gasteiger partial charge < -0.3 is 15.7 Å². The Morgan fingerprint density at radius 2 is 2.10 bits per heavy atom. The van der Waals surface area contributed by atoms with E-state index in [2.05, 4.69) is 30.8 Å². The van der Waals surface area contributed by atoms with Crippen LogP contribution in [0.15, 0.2) is 6.20 Å². The Bertz CT molecular complexity index is 605. The van der Waals surface area contributed by atoms with Crippen LogP contribution < -0.4 is 10.6 Å². The summed E-state index contributed by atoms with van der Waals surface area (Å²) in [6.45, 7) is 0.947. The van der Waals surface area contributed by atoms with Crippen molar-refractivity contribution in [2.24, 2.45) is 5.41 Å². The lowest BCUT2D eigenvalue weighted by Crippen LogP contribution is -2.35. The van der Waals surface area contributed by atoms with Gasteiger partial charge in [-0.05, 0) is 12.8 Å². The highest BCUT2D eigenvalue weighted by Gasteiger charge is 2.31. The summed E-state index contributed by atoms with van der Waals surface area (Å²) in [7, 11) is 1.79. The van der Waals surface area contributed by atoms with Gasteiger partial charge in [0.15, 0.2) is 5.65 Å². The number of aliphatic hydroxyl groups excluding tert-OH is 1. The summed E-state index contributed by atoms with van der Waals surface area (Å²) in [4.78, 5) is 8.78. The lowest BCUT2D eigenvalue weighted by molar-refractivity contribution is 0.0943. The van der Waals surface area contributed by atoms with Gasteiger partial charge in [-0.25, -0.2) is 0 Å². The second-order valence-corrected chi connectivity index (χ2v) is 5.85. The quantitative estimate of drug-likeness (QED) is 0.669. The number of fused-ring (bicyclic) bond motifs is 1. The standard InChI is InChI=1S/C14H22N6O/c1-15-13-18-11(10-7-17-20-12(10)19-13)16-8-14(9-21)5-3-2-4-6-14/h7,21H,2-6,8-9H2,1H3,(H3,15,16,17,18,19,20). The molecule has 0 radical (unpaired) electrons. The fourth-order valence-electron chi connectivity index (χ4n) is 3.05. The van der Waals surface area contributed by atoms with Gasteiger partial charge in [0.2, 0.25) is 5.95 Å². The lowest BCUT2D eigenvalue weighted by atomic mass is 9.74. The molecule has 1 aliphatic rings. The number of hydrogen-bond acceptors (Lipinski definition) is 6. The van der Waals surface area contributed by atoms with Gasteiger partial charge in [0.1, 0.15) is 5.82 Å². The van der Waals surface area contributed by atoms with Gasteiger partial charge in [-0.2, -0.15) is 15.1 Å². The molecule has 0 saturated heterocycles. The van der Waals surface area contributed by atoms with Gasteiger partial charge in [0.05, 0.1) is 18.2 Å². The zero-order valence-electron chi connectivity index (χ0n) is 12.3. The molecule has 0 aromatic carbocycles. The largest absolute Gasteiger partial charge is 0.396 e. The van der Waals surface area contributed by atoms with E-state index in [-0.39, 0.29) is 12.0 Å². The van der Waals surface area contributed by atoms with Gasteiger partial charge in [-0.1, -0.05) is 19.3 Å². The first-order chi connectivity index (χ1) is 10.3. The minimum absolute atomic E-state index is 0.0287. The smallest absolute Gasteiger partial charge is 0.226 e. The van der Waals surface area contributed by atoms with Crippen molar-refractivity contribution in [2.45, 2.75) is 32.1 Å². The number of aromatic amines is 1. The van der Waals surface area contributed by atoms with E-state index in [9.17, 15) is 5.11 Å². The summed E-state index contributed by atoms with van der Waals surface area (Å²) in [6, 6.07) is 0. The first-order valence-corrected chi connectivity index (χ1v) is 7.50. The second-order valence-electron chi connectivity index (χ2n) is 5.85. The molecule has 2 heterocycles. The number of rotatable bonds is 5. The average Bonchev–Trinajstić information content (AvgIpc) is 3.02. The van der Waals surface area contributed by atoms with E-state index in [4.69, 9.17) is 0 Å². The first-order valence-electron chi connectivity index (χ1n) is 7.50. The Hall–Kier alpha value is -1.89. The summed E-state index contributed by atoms with van der Waals surface area (Å²) < 4.78 is 0. The third kappa shape index (κ3) is 2.78. The number of aliphatic hydroxyl groups is 1. The molecule has 3 rings (SSSR count). The van der Waals surface area contributed by atoms with Crippen LogP contribution in [-0.2, 0) is 0 Å². The summed E-state index contributed by atoms with van der Waals surface area (Å²) in [5, 5.41) is 23.9. The Morgan fingerprint density at radius 1 is 1.29 bits per heavy atom. The van der Waals surface area contributed by atoms with Gasteiger partial charge in [-0.15, -0.1) is 0 Å². The molecule has 0 bridgehead atoms. The molecule has 7 nitrogen and oxygen atoms in total. The van der Waals surface area contributed by atoms with Gasteiger partial charge in [0, 0.05) is 19.0 Å². The monoisotopic (exact) mass is 290 g/mol. The minimum atomic E-state index is -0.0287. The molecule has 4 N–H and O–H groups in total. The third-order valence-corrected chi connectivity index (χ3v) is 4.41. The summed E-state index contributed by atoms with van der Waals surface area (Å²) in [6.07, 6.45) is 7.50. The maximum atomic E-state index is 9.79. The van der Waals surface area contributed by atoms with Crippen LogP contribution in [-0.4, -0.2) is 45.5 Å². The number of anilines is 2. The fourth-order valence-corrected chi connectivity index (χ4v) is 3.05. The predicted molar refractivity (Wildman–Crippen MR) is 82.3 cm³/mol. The van der Waals surface area contributed by atoms with Crippen LogP contribution in [0.2, 0.25) is 0 Å². The minimum Gasteiger partial charge on any atom is -0.396 e. The summed E-state index contributed by atoms with van der Waals surface area (Å²) in [5.74, 6) is 1.31. The zero-order chi connectivity index (χ0) is 14.7. The number of aromatic nitrogens is 4. The predicted octanol–water partition coefficient (Wildman–Crippen LogP) is 1.75. The number of nitrogens with zero attached hydrogens (tertiary/aromatic N) is 3. The maximum Gasteiger partial charge on any atom is 0.226 e. The number of hydrogen-bond donors (Lipinski definition) is 4. The molecular weight excluding hydrogens is 268 g/mol. The van der Waals surface area contributed by atoms with E-state index < -0.39 is 0 Å². The van der Waals surface area contributed by atoms with Crippen molar-refractivity contribution in [2.75, 3.05) is 30.8 Å². The summed E-state index contributed by atoms with van der Waals surface area (Å²) >= 11 is 0. The van der Waals surface area contributed by atoms with Crippen molar-refractivity contribution in [1.82, 2.24) is 20.2 Å². The lowest BCUT2D eigenvalue weighted by Gasteiger charge is -2.35. The van der Waals surface area contributed by atoms with Crippen LogP contribution in [0.4, 0.5) is 11.8 Å². The van der Waals surface area contributed by atoms with Crippen molar-refractivity contribution in [1.29, 1.82) is 0 Å². The zero-order valence-corrected chi connectivity index (χ0v) is 12.3. The van der Waals surface area contributed by atoms with Crippen LogP contribution in [0.3, 0.4) is 0 Å². The molecule has 0 aliphatic heterocycles. The fraction of sp³-hybridized carbons (Fsp3) is 0.643. The van der Waals surface area contributed by atoms with E-state index in [1.54, 1.807) is 13.2 Å². The topological polar surface area (TPSA) is 98.8 Å². The molecule has 2 aromatic rings. The van der Waals surface area contributed by atoms with E-state index in [1.807, 2.05) is 0 Å². The highest BCUT2D eigenvalue weighted by molar-refractivity contribution is 5.86. The molecule has 114 valence electrons. The number of nitrogens with one attached hydrogen (secondary N) is 3. The molecule has 2 aromatic heterocycles. The average molecular weight is 290 g/mol. The van der Waals surface area contributed by atoms with Crippen LogP contribution in [0.1, 0.15) is 32.1 Å². The first kappa shape index (κ1) is 14.1. The molecule has 7 heteroatoms. The van der Waals surface area contributed by atoms with Gasteiger partial charge in [0.25, 0.3) is 0 Å². The normalized spacial score (nSPS) is 17.8. The van der Waals surface area contributed by atoms with Crippen LogP contribution in [0.25, 0.3) is 11.0 Å². The maximum absolute atomic E-state index is 9.79. The molecule has 0 spiro atoms. The van der Waals surface area contributed by atoms with Crippen molar-refractivity contribution >= 4 is 22.8 Å². The van der Waals surface area contributed by atoms with Crippen molar-refractivity contribution in [3.63, 3.8) is 0 Å². The second kappa shape index (κ2) is 5.85. The summed E-state index contributed by atoms with van der Waals surface area (Å²) in [5.41, 5.74) is 0.678. The van der Waals surface area contributed by atoms with Gasteiger partial charge in [-0.3, -0.25) is 5.10 Å². The molecule has 0 atom stereocenters. The molecule has 1 saturated carbocycles. The molecule has 1 aliphatic carbocycles. The van der Waals surface area contributed by atoms with Crippen molar-refractivity contribution in [3.8, 4) is 0 Å². The third-order valence-electron chi connectivity index (χ3n) is 4.41. The Morgan fingerprint density at radius 3 is 2.81 bits per heavy atom. The molecule has 0 unspecified atom stereocenters. The van der Waals surface area contributed by atoms with Crippen molar-refractivity contribution < 1.29 is 5.11 Å². The number of H-pyrrole nitrogens is 1. The molecular formula is C14H22N6O.